The minimum absolute atomic E-state index is 0.329. The predicted molar refractivity (Wildman–Crippen MR) is 70.9 cm³/mol. The van der Waals surface area contributed by atoms with Gasteiger partial charge in [0.1, 0.15) is 0 Å². The summed E-state index contributed by atoms with van der Waals surface area (Å²) in [7, 11) is 0. The van der Waals surface area contributed by atoms with Gasteiger partial charge in [0.2, 0.25) is 0 Å². The molecule has 2 aliphatic rings. The lowest BCUT2D eigenvalue weighted by Crippen LogP contribution is -2.35. The van der Waals surface area contributed by atoms with Crippen molar-refractivity contribution in [1.29, 1.82) is 0 Å². The number of benzene rings is 1. The first-order chi connectivity index (χ1) is 7.81. The number of nitrogens with one attached hydrogen (secondary N) is 1. The minimum atomic E-state index is 0.329. The Bertz CT molecular complexity index is 353. The standard InChI is InChI=1S/C14H19NS/c1-2-11-7-9-14(10-8-11)15-12-5-3-4-6-13(12)16-14/h3-6,11,15H,2,7-10H2,1H3. The van der Waals surface area contributed by atoms with Crippen LogP contribution in [0.3, 0.4) is 0 Å². The molecule has 1 heterocycles. The molecular weight excluding hydrogens is 214 g/mol. The molecule has 1 aliphatic heterocycles. The van der Waals surface area contributed by atoms with Crippen LogP contribution in [0.5, 0.6) is 0 Å². The van der Waals surface area contributed by atoms with E-state index in [1.165, 1.54) is 42.7 Å². The number of hydrogen-bond donors (Lipinski definition) is 1. The molecule has 1 aromatic carbocycles. The summed E-state index contributed by atoms with van der Waals surface area (Å²) in [6.45, 7) is 2.33. The Kier molecular flexibility index (Phi) is 2.62. The van der Waals surface area contributed by atoms with E-state index in [2.05, 4.69) is 48.3 Å². The fraction of sp³-hybridized carbons (Fsp3) is 0.571. The van der Waals surface area contributed by atoms with Crippen LogP contribution in [0.1, 0.15) is 39.0 Å². The zero-order chi connectivity index (χ0) is 11.0. The van der Waals surface area contributed by atoms with Crippen LogP contribution in [-0.2, 0) is 0 Å². The predicted octanol–water partition coefficient (Wildman–Crippen LogP) is 4.50. The maximum atomic E-state index is 3.76. The van der Waals surface area contributed by atoms with Crippen LogP contribution in [0.2, 0.25) is 0 Å². The minimum Gasteiger partial charge on any atom is -0.369 e. The zero-order valence-electron chi connectivity index (χ0n) is 9.83. The molecule has 1 aromatic rings. The van der Waals surface area contributed by atoms with Crippen LogP contribution in [0.15, 0.2) is 29.2 Å². The highest BCUT2D eigenvalue weighted by atomic mass is 32.2. The first-order valence-electron chi connectivity index (χ1n) is 6.37. The Hall–Kier alpha value is -0.630. The quantitative estimate of drug-likeness (QED) is 0.766. The highest BCUT2D eigenvalue weighted by molar-refractivity contribution is 8.01. The van der Waals surface area contributed by atoms with E-state index in [0.29, 0.717) is 4.87 Å². The molecule has 0 atom stereocenters. The van der Waals surface area contributed by atoms with E-state index in [9.17, 15) is 0 Å². The maximum absolute atomic E-state index is 3.76. The Labute approximate surface area is 102 Å². The van der Waals surface area contributed by atoms with Crippen molar-refractivity contribution in [1.82, 2.24) is 0 Å². The molecule has 0 bridgehead atoms. The summed E-state index contributed by atoms with van der Waals surface area (Å²) in [4.78, 5) is 1.77. The van der Waals surface area contributed by atoms with E-state index in [1.807, 2.05) is 0 Å². The molecule has 1 aliphatic carbocycles. The molecule has 0 aromatic heterocycles. The average Bonchev–Trinajstić information content (AvgIpc) is 2.68. The molecule has 1 spiro atoms. The molecule has 1 saturated carbocycles. The van der Waals surface area contributed by atoms with E-state index < -0.39 is 0 Å². The van der Waals surface area contributed by atoms with Crippen LogP contribution >= 0.6 is 11.8 Å². The highest BCUT2D eigenvalue weighted by Gasteiger charge is 2.40. The average molecular weight is 233 g/mol. The van der Waals surface area contributed by atoms with Crippen molar-refractivity contribution in [3.05, 3.63) is 24.3 Å². The number of rotatable bonds is 1. The molecule has 1 nitrogen and oxygen atoms in total. The number of fused-ring (bicyclic) bond motifs is 1. The van der Waals surface area contributed by atoms with Crippen LogP contribution in [0.4, 0.5) is 5.69 Å². The van der Waals surface area contributed by atoms with E-state index in [1.54, 1.807) is 0 Å². The maximum Gasteiger partial charge on any atom is 0.0881 e. The van der Waals surface area contributed by atoms with Crippen molar-refractivity contribution < 1.29 is 0 Å². The SMILES string of the molecule is CCC1CCC2(CC1)Nc1ccccc1S2. The van der Waals surface area contributed by atoms with Crippen molar-refractivity contribution >= 4 is 17.4 Å². The summed E-state index contributed by atoms with van der Waals surface area (Å²) >= 11 is 2.06. The molecule has 0 radical (unpaired) electrons. The van der Waals surface area contributed by atoms with Gasteiger partial charge in [-0.05, 0) is 43.7 Å². The number of thioether (sulfide) groups is 1. The number of hydrogen-bond acceptors (Lipinski definition) is 2. The number of para-hydroxylation sites is 1. The van der Waals surface area contributed by atoms with Crippen molar-refractivity contribution in [2.24, 2.45) is 5.92 Å². The number of anilines is 1. The molecule has 1 N–H and O–H groups in total. The van der Waals surface area contributed by atoms with Crippen molar-refractivity contribution in [2.75, 3.05) is 5.32 Å². The first-order valence-corrected chi connectivity index (χ1v) is 7.19. The molecule has 2 heteroatoms. The topological polar surface area (TPSA) is 12.0 Å². The van der Waals surface area contributed by atoms with Gasteiger partial charge in [-0.2, -0.15) is 0 Å². The Morgan fingerprint density at radius 1 is 1.31 bits per heavy atom. The van der Waals surface area contributed by atoms with Gasteiger partial charge in [0.05, 0.1) is 4.87 Å². The fourth-order valence-corrected chi connectivity index (χ4v) is 4.32. The van der Waals surface area contributed by atoms with Crippen LogP contribution < -0.4 is 5.32 Å². The third-order valence-corrected chi connectivity index (χ3v) is 5.52. The molecule has 86 valence electrons. The summed E-state index contributed by atoms with van der Waals surface area (Å²) in [6.07, 6.45) is 6.79. The van der Waals surface area contributed by atoms with Gasteiger partial charge in [-0.1, -0.05) is 37.2 Å². The summed E-state index contributed by atoms with van der Waals surface area (Å²) < 4.78 is 0. The molecule has 3 rings (SSSR count). The monoisotopic (exact) mass is 233 g/mol. The van der Waals surface area contributed by atoms with Gasteiger partial charge in [0, 0.05) is 10.6 Å². The van der Waals surface area contributed by atoms with Crippen molar-refractivity contribution in [3.63, 3.8) is 0 Å². The Morgan fingerprint density at radius 2 is 2.06 bits per heavy atom. The van der Waals surface area contributed by atoms with Crippen molar-refractivity contribution in [2.45, 2.75) is 48.8 Å². The first kappa shape index (κ1) is 10.5. The van der Waals surface area contributed by atoms with Gasteiger partial charge in [0.25, 0.3) is 0 Å². The Morgan fingerprint density at radius 3 is 2.75 bits per heavy atom. The summed E-state index contributed by atoms with van der Waals surface area (Å²) in [5.74, 6) is 0.969. The van der Waals surface area contributed by atoms with Crippen LogP contribution in [0, 0.1) is 5.92 Å². The molecule has 1 fully saturated rings. The van der Waals surface area contributed by atoms with Gasteiger partial charge in [0.15, 0.2) is 0 Å². The molecular formula is C14H19NS. The summed E-state index contributed by atoms with van der Waals surface area (Å²) in [5, 5.41) is 3.76. The third kappa shape index (κ3) is 1.73. The second kappa shape index (κ2) is 3.99. The largest absolute Gasteiger partial charge is 0.369 e. The van der Waals surface area contributed by atoms with Gasteiger partial charge < -0.3 is 5.32 Å². The van der Waals surface area contributed by atoms with E-state index in [0.717, 1.165) is 5.92 Å². The highest BCUT2D eigenvalue weighted by Crippen LogP contribution is 2.52. The van der Waals surface area contributed by atoms with Crippen LogP contribution in [0.25, 0.3) is 0 Å². The van der Waals surface area contributed by atoms with Crippen LogP contribution in [-0.4, -0.2) is 4.87 Å². The smallest absolute Gasteiger partial charge is 0.0881 e. The van der Waals surface area contributed by atoms with E-state index in [4.69, 9.17) is 0 Å². The summed E-state index contributed by atoms with van der Waals surface area (Å²) in [6, 6.07) is 8.73. The zero-order valence-corrected chi connectivity index (χ0v) is 10.6. The molecule has 0 unspecified atom stereocenters. The van der Waals surface area contributed by atoms with Gasteiger partial charge in [-0.15, -0.1) is 0 Å². The third-order valence-electron chi connectivity index (χ3n) is 4.05. The lowest BCUT2D eigenvalue weighted by molar-refractivity contribution is 0.314. The normalized spacial score (nSPS) is 32.4. The lowest BCUT2D eigenvalue weighted by atomic mass is 9.84. The summed E-state index contributed by atoms with van der Waals surface area (Å²) in [5.41, 5.74) is 1.35. The van der Waals surface area contributed by atoms with Gasteiger partial charge in [-0.3, -0.25) is 0 Å². The fourth-order valence-electron chi connectivity index (χ4n) is 2.92. The lowest BCUT2D eigenvalue weighted by Gasteiger charge is -2.36. The van der Waals surface area contributed by atoms with Gasteiger partial charge >= 0.3 is 0 Å². The van der Waals surface area contributed by atoms with Crippen molar-refractivity contribution in [3.8, 4) is 0 Å². The second-order valence-corrected chi connectivity index (χ2v) is 6.49. The Balaban J connectivity index is 1.75. The van der Waals surface area contributed by atoms with Gasteiger partial charge in [-0.25, -0.2) is 0 Å². The van der Waals surface area contributed by atoms with E-state index in [-0.39, 0.29) is 0 Å². The second-order valence-electron chi connectivity index (χ2n) is 5.07. The molecule has 16 heavy (non-hydrogen) atoms. The van der Waals surface area contributed by atoms with E-state index >= 15 is 0 Å². The molecule has 0 amide bonds. The molecule has 0 saturated heterocycles.